The number of thioether (sulfide) groups is 1. The van der Waals surface area contributed by atoms with Gasteiger partial charge in [0.25, 0.3) is 0 Å². The number of halogens is 1. The first-order valence-corrected chi connectivity index (χ1v) is 7.28. The summed E-state index contributed by atoms with van der Waals surface area (Å²) in [6.07, 6.45) is 0.873. The third-order valence-corrected chi connectivity index (χ3v) is 4.60. The van der Waals surface area contributed by atoms with Gasteiger partial charge in [-0.15, -0.1) is 23.4 Å². The summed E-state index contributed by atoms with van der Waals surface area (Å²) in [6, 6.07) is 8.11. The third kappa shape index (κ3) is 2.96. The van der Waals surface area contributed by atoms with Crippen LogP contribution in [0, 0.1) is 0 Å². The molecular formula is C13H16ClNOS. The second-order valence-electron chi connectivity index (χ2n) is 4.15. The third-order valence-electron chi connectivity index (χ3n) is 2.96. The van der Waals surface area contributed by atoms with Crippen LogP contribution < -0.4 is 5.32 Å². The number of hydrogen-bond acceptors (Lipinski definition) is 2. The zero-order valence-corrected chi connectivity index (χ0v) is 11.4. The predicted octanol–water partition coefficient (Wildman–Crippen LogP) is 3.01. The minimum atomic E-state index is -0.0167. The van der Waals surface area contributed by atoms with Gasteiger partial charge in [-0.2, -0.15) is 0 Å². The van der Waals surface area contributed by atoms with Gasteiger partial charge in [-0.1, -0.05) is 25.1 Å². The number of amides is 1. The summed E-state index contributed by atoms with van der Waals surface area (Å²) >= 11 is 7.75. The van der Waals surface area contributed by atoms with E-state index in [0.29, 0.717) is 6.54 Å². The highest BCUT2D eigenvalue weighted by molar-refractivity contribution is 7.99. The number of nitrogens with one attached hydrogen (secondary N) is 1. The summed E-state index contributed by atoms with van der Waals surface area (Å²) < 4.78 is 0. The van der Waals surface area contributed by atoms with Crippen molar-refractivity contribution in [2.75, 3.05) is 12.3 Å². The molecule has 1 N–H and O–H groups in total. The average Bonchev–Trinajstić information content (AvgIpc) is 2.79. The molecule has 0 saturated heterocycles. The maximum absolute atomic E-state index is 12.0. The molecule has 0 radical (unpaired) electrons. The van der Waals surface area contributed by atoms with Crippen LogP contribution in [-0.4, -0.2) is 23.6 Å². The molecule has 0 fully saturated rings. The number of benzene rings is 1. The first-order valence-electron chi connectivity index (χ1n) is 5.86. The van der Waals surface area contributed by atoms with Crippen molar-refractivity contribution >= 4 is 29.3 Å². The highest BCUT2D eigenvalue weighted by atomic mass is 35.5. The summed E-state index contributed by atoms with van der Waals surface area (Å²) in [7, 11) is 0. The standard InChI is InChI=1S/C13H16ClNOS/c1-2-9(14)7-15-13(16)11-8-17-12-6-4-3-5-10(11)12/h3-6,9,11H,2,7-8H2,1H3,(H,15,16). The van der Waals surface area contributed by atoms with Crippen LogP contribution in [0.25, 0.3) is 0 Å². The van der Waals surface area contributed by atoms with E-state index in [2.05, 4.69) is 11.4 Å². The van der Waals surface area contributed by atoms with E-state index in [0.717, 1.165) is 17.7 Å². The number of rotatable bonds is 4. The lowest BCUT2D eigenvalue weighted by molar-refractivity contribution is -0.122. The van der Waals surface area contributed by atoms with E-state index in [1.54, 1.807) is 11.8 Å². The van der Waals surface area contributed by atoms with Crippen LogP contribution in [0.2, 0.25) is 0 Å². The van der Waals surface area contributed by atoms with Crippen LogP contribution in [0.3, 0.4) is 0 Å². The summed E-state index contributed by atoms with van der Waals surface area (Å²) in [5, 5.41) is 2.96. The average molecular weight is 270 g/mol. The molecule has 0 aliphatic carbocycles. The van der Waals surface area contributed by atoms with E-state index in [1.165, 1.54) is 4.90 Å². The maximum Gasteiger partial charge on any atom is 0.228 e. The van der Waals surface area contributed by atoms with Crippen molar-refractivity contribution < 1.29 is 4.79 Å². The Kier molecular flexibility index (Phi) is 4.35. The molecule has 1 aliphatic heterocycles. The molecule has 2 unspecified atom stereocenters. The van der Waals surface area contributed by atoms with Crippen LogP contribution in [0.1, 0.15) is 24.8 Å². The Labute approximate surface area is 111 Å². The Morgan fingerprint density at radius 2 is 2.35 bits per heavy atom. The molecule has 1 aromatic carbocycles. The highest BCUT2D eigenvalue weighted by Crippen LogP contribution is 2.39. The Balaban J connectivity index is 1.98. The molecule has 4 heteroatoms. The van der Waals surface area contributed by atoms with Crippen molar-refractivity contribution in [3.05, 3.63) is 29.8 Å². The summed E-state index contributed by atoms with van der Waals surface area (Å²) in [6.45, 7) is 2.57. The SMILES string of the molecule is CCC(Cl)CNC(=O)C1CSc2ccccc21. The molecule has 1 aliphatic rings. The largest absolute Gasteiger partial charge is 0.354 e. The smallest absolute Gasteiger partial charge is 0.228 e. The zero-order chi connectivity index (χ0) is 12.3. The van der Waals surface area contributed by atoms with Crippen LogP contribution in [-0.2, 0) is 4.79 Å². The number of fused-ring (bicyclic) bond motifs is 1. The molecular weight excluding hydrogens is 254 g/mol. The fourth-order valence-corrected chi connectivity index (χ4v) is 3.16. The first-order chi connectivity index (χ1) is 8.22. The van der Waals surface area contributed by atoms with E-state index in [9.17, 15) is 4.79 Å². The van der Waals surface area contributed by atoms with Crippen LogP contribution in [0.5, 0.6) is 0 Å². The molecule has 1 aromatic rings. The predicted molar refractivity (Wildman–Crippen MR) is 72.8 cm³/mol. The van der Waals surface area contributed by atoms with Gasteiger partial charge in [0.1, 0.15) is 0 Å². The quantitative estimate of drug-likeness (QED) is 0.852. The van der Waals surface area contributed by atoms with Crippen molar-refractivity contribution in [2.45, 2.75) is 29.5 Å². The Bertz CT molecular complexity index is 410. The van der Waals surface area contributed by atoms with Gasteiger partial charge in [-0.3, -0.25) is 4.79 Å². The first kappa shape index (κ1) is 12.8. The zero-order valence-electron chi connectivity index (χ0n) is 9.78. The second kappa shape index (κ2) is 5.78. The molecule has 92 valence electrons. The van der Waals surface area contributed by atoms with Gasteiger partial charge < -0.3 is 5.32 Å². The van der Waals surface area contributed by atoms with Crippen molar-refractivity contribution in [3.63, 3.8) is 0 Å². The number of hydrogen-bond donors (Lipinski definition) is 1. The lowest BCUT2D eigenvalue weighted by Crippen LogP contribution is -2.33. The van der Waals surface area contributed by atoms with Gasteiger partial charge in [0.2, 0.25) is 5.91 Å². The molecule has 1 heterocycles. The highest BCUT2D eigenvalue weighted by Gasteiger charge is 2.28. The van der Waals surface area contributed by atoms with Crippen molar-refractivity contribution in [3.8, 4) is 0 Å². The van der Waals surface area contributed by atoms with Crippen molar-refractivity contribution in [1.29, 1.82) is 0 Å². The van der Waals surface area contributed by atoms with Gasteiger partial charge in [0.15, 0.2) is 0 Å². The van der Waals surface area contributed by atoms with E-state index in [1.807, 2.05) is 25.1 Å². The van der Waals surface area contributed by atoms with Gasteiger partial charge >= 0.3 is 0 Å². The van der Waals surface area contributed by atoms with Crippen LogP contribution >= 0.6 is 23.4 Å². The summed E-state index contributed by atoms with van der Waals surface area (Å²) in [5.74, 6) is 0.919. The molecule has 2 atom stereocenters. The number of alkyl halides is 1. The maximum atomic E-state index is 12.0. The molecule has 17 heavy (non-hydrogen) atoms. The topological polar surface area (TPSA) is 29.1 Å². The second-order valence-corrected chi connectivity index (χ2v) is 5.83. The lowest BCUT2D eigenvalue weighted by atomic mass is 10.0. The summed E-state index contributed by atoms with van der Waals surface area (Å²) in [5.41, 5.74) is 1.15. The van der Waals surface area contributed by atoms with Crippen LogP contribution in [0.15, 0.2) is 29.2 Å². The van der Waals surface area contributed by atoms with Gasteiger partial charge in [0, 0.05) is 17.2 Å². The molecule has 0 saturated carbocycles. The normalized spacial score (nSPS) is 19.8. The molecule has 0 aromatic heterocycles. The van der Waals surface area contributed by atoms with Gasteiger partial charge in [-0.05, 0) is 18.1 Å². The van der Waals surface area contributed by atoms with Gasteiger partial charge in [0.05, 0.1) is 11.3 Å². The fraction of sp³-hybridized carbons (Fsp3) is 0.462. The lowest BCUT2D eigenvalue weighted by Gasteiger charge is -2.13. The van der Waals surface area contributed by atoms with Crippen molar-refractivity contribution in [1.82, 2.24) is 5.32 Å². The van der Waals surface area contributed by atoms with Gasteiger partial charge in [-0.25, -0.2) is 0 Å². The molecule has 0 bridgehead atoms. The Morgan fingerprint density at radius 1 is 1.59 bits per heavy atom. The minimum Gasteiger partial charge on any atom is -0.354 e. The molecule has 0 spiro atoms. The van der Waals surface area contributed by atoms with Crippen LogP contribution in [0.4, 0.5) is 0 Å². The molecule has 2 nitrogen and oxygen atoms in total. The monoisotopic (exact) mass is 269 g/mol. The molecule has 1 amide bonds. The van der Waals surface area contributed by atoms with E-state index >= 15 is 0 Å². The molecule has 2 rings (SSSR count). The Morgan fingerprint density at radius 3 is 3.12 bits per heavy atom. The summed E-state index contributed by atoms with van der Waals surface area (Å²) in [4.78, 5) is 13.3. The van der Waals surface area contributed by atoms with E-state index in [4.69, 9.17) is 11.6 Å². The minimum absolute atomic E-state index is 0.0167. The van der Waals surface area contributed by atoms with E-state index < -0.39 is 0 Å². The van der Waals surface area contributed by atoms with Crippen molar-refractivity contribution in [2.24, 2.45) is 0 Å². The number of carbonyl (C=O) groups is 1. The Hall–Kier alpha value is -0.670. The van der Waals surface area contributed by atoms with E-state index in [-0.39, 0.29) is 17.2 Å². The fourth-order valence-electron chi connectivity index (χ4n) is 1.86. The number of carbonyl (C=O) groups excluding carboxylic acids is 1.